The maximum atomic E-state index is 13.4. The van der Waals surface area contributed by atoms with Crippen molar-refractivity contribution in [2.45, 2.75) is 84.4 Å². The van der Waals surface area contributed by atoms with Gasteiger partial charge in [-0.05, 0) is 105 Å². The zero-order chi connectivity index (χ0) is 27.4. The molecule has 2 aromatic rings. The quantitative estimate of drug-likeness (QED) is 0.422. The van der Waals surface area contributed by atoms with Crippen molar-refractivity contribution in [1.82, 2.24) is 9.80 Å². The predicted octanol–water partition coefficient (Wildman–Crippen LogP) is 5.95. The van der Waals surface area contributed by atoms with E-state index in [1.165, 1.54) is 37.1 Å². The fourth-order valence-electron chi connectivity index (χ4n) is 6.57. The molecule has 1 atom stereocenters. The maximum Gasteiger partial charge on any atom is 0.229 e. The summed E-state index contributed by atoms with van der Waals surface area (Å²) in [5, 5.41) is 0. The lowest BCUT2D eigenvalue weighted by Crippen LogP contribution is -2.37. The molecule has 3 fully saturated rings. The molecule has 2 amide bonds. The van der Waals surface area contributed by atoms with Crippen LogP contribution in [0.3, 0.4) is 0 Å². The SMILES string of the molecule is Cc1cc(N(C)C(=O)C2CCC(Oc3cccc(CN4CCCC4=O)c3)CC2)ccc1CN1CCC[C@@H](C)C1. The van der Waals surface area contributed by atoms with E-state index in [1.54, 1.807) is 0 Å². The van der Waals surface area contributed by atoms with E-state index in [9.17, 15) is 9.59 Å². The largest absolute Gasteiger partial charge is 0.490 e. The standard InChI is InChI=1S/C33H45N3O3/c1-24-7-5-17-35(21-24)23-28-11-14-29(19-25(28)2)34(3)33(38)27-12-15-30(16-13-27)39-31-9-4-8-26(20-31)22-36-18-6-10-32(36)37/h4,8-9,11,14,19-20,24,27,30H,5-7,10,12-13,15-18,21-23H2,1-3H3/t24-,27?,30?/m1/s1. The molecule has 2 aliphatic heterocycles. The predicted molar refractivity (Wildman–Crippen MR) is 156 cm³/mol. The van der Waals surface area contributed by atoms with E-state index in [0.717, 1.165) is 68.1 Å². The summed E-state index contributed by atoms with van der Waals surface area (Å²) in [6, 6.07) is 14.6. The third-order valence-corrected chi connectivity index (χ3v) is 8.95. The summed E-state index contributed by atoms with van der Waals surface area (Å²) < 4.78 is 6.33. The summed E-state index contributed by atoms with van der Waals surface area (Å²) in [5.74, 6) is 2.13. The number of rotatable bonds is 8. The first kappa shape index (κ1) is 27.7. The Kier molecular flexibility index (Phi) is 8.91. The summed E-state index contributed by atoms with van der Waals surface area (Å²) in [6.45, 7) is 9.38. The lowest BCUT2D eigenvalue weighted by molar-refractivity contribution is -0.128. The van der Waals surface area contributed by atoms with Crippen LogP contribution in [0, 0.1) is 18.8 Å². The van der Waals surface area contributed by atoms with Crippen LogP contribution in [-0.2, 0) is 22.7 Å². The number of benzene rings is 2. The molecule has 0 bridgehead atoms. The Morgan fingerprint density at radius 1 is 1.00 bits per heavy atom. The van der Waals surface area contributed by atoms with Crippen LogP contribution in [0.4, 0.5) is 5.69 Å². The first-order valence-electron chi connectivity index (χ1n) is 15.0. The van der Waals surface area contributed by atoms with E-state index in [0.29, 0.717) is 13.0 Å². The van der Waals surface area contributed by atoms with Gasteiger partial charge in [-0.25, -0.2) is 0 Å². The van der Waals surface area contributed by atoms with Crippen molar-refractivity contribution in [1.29, 1.82) is 0 Å². The van der Waals surface area contributed by atoms with Gasteiger partial charge in [-0.15, -0.1) is 0 Å². The molecule has 0 radical (unpaired) electrons. The van der Waals surface area contributed by atoms with Crippen LogP contribution in [-0.4, -0.2) is 54.4 Å². The van der Waals surface area contributed by atoms with Gasteiger partial charge in [0.15, 0.2) is 0 Å². The number of carbonyl (C=O) groups is 2. The maximum absolute atomic E-state index is 13.4. The van der Waals surface area contributed by atoms with Crippen LogP contribution >= 0.6 is 0 Å². The summed E-state index contributed by atoms with van der Waals surface area (Å²) in [4.78, 5) is 31.7. The van der Waals surface area contributed by atoms with Gasteiger partial charge in [0, 0.05) is 51.3 Å². The molecule has 2 heterocycles. The Bertz CT molecular complexity index is 1160. The van der Waals surface area contributed by atoms with E-state index in [1.807, 2.05) is 29.0 Å². The van der Waals surface area contributed by atoms with Crippen molar-refractivity contribution in [3.05, 3.63) is 59.2 Å². The number of anilines is 1. The molecule has 39 heavy (non-hydrogen) atoms. The average molecular weight is 532 g/mol. The fraction of sp³-hybridized carbons (Fsp3) is 0.576. The normalized spacial score (nSPS) is 24.1. The zero-order valence-electron chi connectivity index (χ0n) is 24.0. The second-order valence-corrected chi connectivity index (χ2v) is 12.1. The Morgan fingerprint density at radius 2 is 1.82 bits per heavy atom. The molecule has 1 aliphatic carbocycles. The Morgan fingerprint density at radius 3 is 2.54 bits per heavy atom. The molecule has 2 saturated heterocycles. The van der Waals surface area contributed by atoms with Crippen molar-refractivity contribution in [3.63, 3.8) is 0 Å². The molecule has 6 nitrogen and oxygen atoms in total. The van der Waals surface area contributed by atoms with Crippen molar-refractivity contribution in [2.75, 3.05) is 31.6 Å². The Labute approximate surface area is 234 Å². The van der Waals surface area contributed by atoms with Crippen LogP contribution in [0.15, 0.2) is 42.5 Å². The number of nitrogens with zero attached hydrogens (tertiary/aromatic N) is 3. The van der Waals surface area contributed by atoms with E-state index in [4.69, 9.17) is 4.74 Å². The molecule has 0 spiro atoms. The van der Waals surface area contributed by atoms with Gasteiger partial charge in [0.25, 0.3) is 0 Å². The Hall–Kier alpha value is -2.86. The first-order chi connectivity index (χ1) is 18.9. The second kappa shape index (κ2) is 12.5. The molecule has 210 valence electrons. The number of likely N-dealkylation sites (tertiary alicyclic amines) is 2. The minimum Gasteiger partial charge on any atom is -0.490 e. The van der Waals surface area contributed by atoms with Crippen molar-refractivity contribution >= 4 is 17.5 Å². The number of hydrogen-bond acceptors (Lipinski definition) is 4. The molecule has 0 aromatic heterocycles. The monoisotopic (exact) mass is 531 g/mol. The molecule has 6 heteroatoms. The number of piperidine rings is 1. The van der Waals surface area contributed by atoms with Crippen LogP contribution in [0.5, 0.6) is 5.75 Å². The molecular formula is C33H45N3O3. The Balaban J connectivity index is 1.11. The number of amides is 2. The van der Waals surface area contributed by atoms with Crippen molar-refractivity contribution in [3.8, 4) is 5.75 Å². The fourth-order valence-corrected chi connectivity index (χ4v) is 6.57. The highest BCUT2D eigenvalue weighted by Crippen LogP contribution is 2.31. The number of carbonyl (C=O) groups excluding carboxylic acids is 2. The second-order valence-electron chi connectivity index (χ2n) is 12.1. The van der Waals surface area contributed by atoms with Crippen LogP contribution in [0.1, 0.15) is 75.0 Å². The molecule has 5 rings (SSSR count). The summed E-state index contributed by atoms with van der Waals surface area (Å²) in [7, 11) is 1.92. The molecule has 3 aliphatic rings. The highest BCUT2D eigenvalue weighted by atomic mass is 16.5. The molecule has 2 aromatic carbocycles. The van der Waals surface area contributed by atoms with Gasteiger partial charge in [-0.1, -0.05) is 25.1 Å². The average Bonchev–Trinajstić information content (AvgIpc) is 3.33. The summed E-state index contributed by atoms with van der Waals surface area (Å²) in [5.41, 5.74) is 4.72. The zero-order valence-corrected chi connectivity index (χ0v) is 24.0. The smallest absolute Gasteiger partial charge is 0.229 e. The van der Waals surface area contributed by atoms with E-state index in [-0.39, 0.29) is 23.8 Å². The molecule has 0 N–H and O–H groups in total. The van der Waals surface area contributed by atoms with Gasteiger partial charge >= 0.3 is 0 Å². The van der Waals surface area contributed by atoms with Crippen LogP contribution in [0.25, 0.3) is 0 Å². The highest BCUT2D eigenvalue weighted by molar-refractivity contribution is 5.94. The number of hydrogen-bond donors (Lipinski definition) is 0. The van der Waals surface area contributed by atoms with Gasteiger partial charge in [-0.2, -0.15) is 0 Å². The van der Waals surface area contributed by atoms with Gasteiger partial charge in [0.2, 0.25) is 11.8 Å². The summed E-state index contributed by atoms with van der Waals surface area (Å²) in [6.07, 6.45) is 7.82. The van der Waals surface area contributed by atoms with Crippen LogP contribution < -0.4 is 9.64 Å². The third-order valence-electron chi connectivity index (χ3n) is 8.95. The molecule has 1 saturated carbocycles. The molecular weight excluding hydrogens is 486 g/mol. The summed E-state index contributed by atoms with van der Waals surface area (Å²) >= 11 is 0. The van der Waals surface area contributed by atoms with Gasteiger partial charge in [-0.3, -0.25) is 14.5 Å². The van der Waals surface area contributed by atoms with Gasteiger partial charge < -0.3 is 14.5 Å². The highest BCUT2D eigenvalue weighted by Gasteiger charge is 2.30. The lowest BCUT2D eigenvalue weighted by Gasteiger charge is -2.32. The minimum absolute atomic E-state index is 0.0391. The number of aryl methyl sites for hydroxylation is 1. The topological polar surface area (TPSA) is 53.1 Å². The van der Waals surface area contributed by atoms with Gasteiger partial charge in [0.05, 0.1) is 6.10 Å². The van der Waals surface area contributed by atoms with E-state index < -0.39 is 0 Å². The van der Waals surface area contributed by atoms with Gasteiger partial charge in [0.1, 0.15) is 5.75 Å². The molecule has 0 unspecified atom stereocenters. The van der Waals surface area contributed by atoms with Crippen molar-refractivity contribution in [2.24, 2.45) is 11.8 Å². The van der Waals surface area contributed by atoms with E-state index >= 15 is 0 Å². The van der Waals surface area contributed by atoms with Crippen molar-refractivity contribution < 1.29 is 14.3 Å². The number of ether oxygens (including phenoxy) is 1. The van der Waals surface area contributed by atoms with Crippen LogP contribution in [0.2, 0.25) is 0 Å². The van der Waals surface area contributed by atoms with E-state index in [2.05, 4.69) is 49.1 Å². The minimum atomic E-state index is 0.0391. The third kappa shape index (κ3) is 7.02. The lowest BCUT2D eigenvalue weighted by atomic mass is 9.86. The first-order valence-corrected chi connectivity index (χ1v) is 15.0.